The third-order valence-corrected chi connectivity index (χ3v) is 4.97. The molecule has 2 aliphatic heterocycles. The maximum Gasteiger partial charge on any atom is 0.278 e. The smallest absolute Gasteiger partial charge is 0.278 e. The van der Waals surface area contributed by atoms with Crippen molar-refractivity contribution in [3.8, 4) is 0 Å². The lowest BCUT2D eigenvalue weighted by atomic mass is 10.1. The number of ether oxygens (including phenoxy) is 1. The Hall–Kier alpha value is -2.25. The lowest BCUT2D eigenvalue weighted by Gasteiger charge is -2.35. The van der Waals surface area contributed by atoms with Crippen LogP contribution >= 0.6 is 0 Å². The topological polar surface area (TPSA) is 80.5 Å². The second-order valence-corrected chi connectivity index (χ2v) is 6.44. The number of pyridine rings is 1. The van der Waals surface area contributed by atoms with Crippen LogP contribution in [0.5, 0.6) is 0 Å². The Morgan fingerprint density at radius 3 is 3.17 bits per heavy atom. The molecule has 0 radical (unpaired) electrons. The first kappa shape index (κ1) is 15.3. The van der Waals surface area contributed by atoms with E-state index in [1.165, 1.54) is 18.9 Å². The molecule has 0 spiro atoms. The van der Waals surface area contributed by atoms with Gasteiger partial charge in [-0.15, -0.1) is 0 Å². The van der Waals surface area contributed by atoms with Gasteiger partial charge in [0.05, 0.1) is 23.0 Å². The molecule has 2 fully saturated rings. The van der Waals surface area contributed by atoms with Crippen LogP contribution in [-0.4, -0.2) is 53.2 Å². The number of non-ortho nitro benzene ring substituents is 1. The Kier molecular flexibility index (Phi) is 4.03. The zero-order valence-corrected chi connectivity index (χ0v) is 13.4. The summed E-state index contributed by atoms with van der Waals surface area (Å²) in [6, 6.07) is 5.70. The summed E-state index contributed by atoms with van der Waals surface area (Å²) in [5.74, 6) is 0. The maximum absolute atomic E-state index is 11.2. The van der Waals surface area contributed by atoms with Crippen LogP contribution in [0.1, 0.15) is 12.8 Å². The average Bonchev–Trinajstić information content (AvgIpc) is 3.07. The largest absolute Gasteiger partial charge is 0.382 e. The standard InChI is InChI=1S/C17H20N4O3/c22-21(23)17-4-3-16(14-5-6-18-9-15(14)17)19-8-13-10-20-7-1-2-12(20)11-24-13/h3-6,9,12-13,19H,1-2,7-8,10-11H2/t12-,13-/m1/s1. The van der Waals surface area contributed by atoms with Gasteiger partial charge in [-0.2, -0.15) is 0 Å². The number of fused-ring (bicyclic) bond motifs is 2. The molecule has 0 bridgehead atoms. The molecule has 4 rings (SSSR count). The van der Waals surface area contributed by atoms with Crippen molar-refractivity contribution in [1.82, 2.24) is 9.88 Å². The minimum absolute atomic E-state index is 0.0810. The lowest BCUT2D eigenvalue weighted by molar-refractivity contribution is -0.383. The molecule has 24 heavy (non-hydrogen) atoms. The number of nitro benzene ring substituents is 1. The fourth-order valence-electron chi connectivity index (χ4n) is 3.72. The molecular formula is C17H20N4O3. The summed E-state index contributed by atoms with van der Waals surface area (Å²) in [5, 5.41) is 15.9. The number of aromatic nitrogens is 1. The van der Waals surface area contributed by atoms with Crippen LogP contribution < -0.4 is 5.32 Å². The van der Waals surface area contributed by atoms with E-state index in [4.69, 9.17) is 4.74 Å². The van der Waals surface area contributed by atoms with Gasteiger partial charge in [0.25, 0.3) is 5.69 Å². The molecule has 7 nitrogen and oxygen atoms in total. The monoisotopic (exact) mass is 328 g/mol. The van der Waals surface area contributed by atoms with Crippen LogP contribution in [0.25, 0.3) is 10.8 Å². The summed E-state index contributed by atoms with van der Waals surface area (Å²) < 4.78 is 5.96. The molecule has 1 aromatic heterocycles. The molecule has 1 N–H and O–H groups in total. The van der Waals surface area contributed by atoms with Gasteiger partial charge >= 0.3 is 0 Å². The molecule has 2 aliphatic rings. The van der Waals surface area contributed by atoms with Gasteiger partial charge in [0.2, 0.25) is 0 Å². The third kappa shape index (κ3) is 2.81. The molecule has 0 unspecified atom stereocenters. The third-order valence-electron chi connectivity index (χ3n) is 4.97. The first-order valence-corrected chi connectivity index (χ1v) is 8.33. The fraction of sp³-hybridized carbons (Fsp3) is 0.471. The van der Waals surface area contributed by atoms with Crippen molar-refractivity contribution < 1.29 is 9.66 Å². The molecule has 2 saturated heterocycles. The van der Waals surface area contributed by atoms with Crippen molar-refractivity contribution in [2.45, 2.75) is 25.0 Å². The van der Waals surface area contributed by atoms with Crippen LogP contribution in [0.15, 0.2) is 30.6 Å². The summed E-state index contributed by atoms with van der Waals surface area (Å²) >= 11 is 0. The van der Waals surface area contributed by atoms with E-state index in [0.29, 0.717) is 18.0 Å². The number of nitro groups is 1. The van der Waals surface area contributed by atoms with E-state index < -0.39 is 0 Å². The van der Waals surface area contributed by atoms with Crippen molar-refractivity contribution in [2.24, 2.45) is 0 Å². The van der Waals surface area contributed by atoms with E-state index in [-0.39, 0.29) is 16.7 Å². The fourth-order valence-corrected chi connectivity index (χ4v) is 3.72. The van der Waals surface area contributed by atoms with Crippen LogP contribution in [0.2, 0.25) is 0 Å². The number of hydrogen-bond donors (Lipinski definition) is 1. The van der Waals surface area contributed by atoms with Crippen LogP contribution in [0.3, 0.4) is 0 Å². The van der Waals surface area contributed by atoms with Crippen molar-refractivity contribution >= 4 is 22.1 Å². The predicted molar refractivity (Wildman–Crippen MR) is 91.2 cm³/mol. The lowest BCUT2D eigenvalue weighted by Crippen LogP contribution is -2.48. The average molecular weight is 328 g/mol. The van der Waals surface area contributed by atoms with Gasteiger partial charge in [-0.05, 0) is 31.5 Å². The number of hydrogen-bond acceptors (Lipinski definition) is 6. The molecule has 126 valence electrons. The summed E-state index contributed by atoms with van der Waals surface area (Å²) in [7, 11) is 0. The molecule has 0 amide bonds. The summed E-state index contributed by atoms with van der Waals surface area (Å²) in [6.45, 7) is 3.61. The summed E-state index contributed by atoms with van der Waals surface area (Å²) in [6.07, 6.45) is 5.84. The van der Waals surface area contributed by atoms with Crippen molar-refractivity contribution in [1.29, 1.82) is 0 Å². The van der Waals surface area contributed by atoms with Crippen molar-refractivity contribution in [3.05, 3.63) is 40.7 Å². The highest BCUT2D eigenvalue weighted by Gasteiger charge is 2.32. The number of nitrogens with zero attached hydrogens (tertiary/aromatic N) is 3. The Balaban J connectivity index is 1.51. The quantitative estimate of drug-likeness (QED) is 0.686. The number of rotatable bonds is 4. The summed E-state index contributed by atoms with van der Waals surface area (Å²) in [5.41, 5.74) is 0.961. The normalized spacial score (nSPS) is 24.0. The Labute approximate surface area is 139 Å². The van der Waals surface area contributed by atoms with Crippen molar-refractivity contribution in [3.63, 3.8) is 0 Å². The first-order chi connectivity index (χ1) is 11.7. The van der Waals surface area contributed by atoms with E-state index in [1.54, 1.807) is 18.5 Å². The van der Waals surface area contributed by atoms with Gasteiger partial charge in [0, 0.05) is 48.7 Å². The highest BCUT2D eigenvalue weighted by atomic mass is 16.6. The van der Waals surface area contributed by atoms with Gasteiger partial charge in [0.15, 0.2) is 0 Å². The van der Waals surface area contributed by atoms with E-state index in [0.717, 1.165) is 30.8 Å². The Bertz CT molecular complexity index is 767. The van der Waals surface area contributed by atoms with Crippen molar-refractivity contribution in [2.75, 3.05) is 31.6 Å². The molecule has 3 heterocycles. The van der Waals surface area contributed by atoms with E-state index in [2.05, 4.69) is 15.2 Å². The molecule has 7 heteroatoms. The molecule has 1 aromatic carbocycles. The first-order valence-electron chi connectivity index (χ1n) is 8.33. The van der Waals surface area contributed by atoms with E-state index in [1.807, 2.05) is 6.07 Å². The van der Waals surface area contributed by atoms with Gasteiger partial charge in [-0.3, -0.25) is 20.0 Å². The molecular weight excluding hydrogens is 308 g/mol. The van der Waals surface area contributed by atoms with Gasteiger partial charge in [0.1, 0.15) is 0 Å². The van der Waals surface area contributed by atoms with Crippen LogP contribution in [0, 0.1) is 10.1 Å². The van der Waals surface area contributed by atoms with E-state index >= 15 is 0 Å². The Morgan fingerprint density at radius 1 is 1.38 bits per heavy atom. The maximum atomic E-state index is 11.2. The molecule has 0 aliphatic carbocycles. The number of morpholine rings is 1. The van der Waals surface area contributed by atoms with Gasteiger partial charge in [-0.1, -0.05) is 0 Å². The molecule has 2 atom stereocenters. The second kappa shape index (κ2) is 6.33. The predicted octanol–water partition coefficient (Wildman–Crippen LogP) is 2.42. The number of benzene rings is 1. The Morgan fingerprint density at radius 2 is 2.29 bits per heavy atom. The van der Waals surface area contributed by atoms with Crippen LogP contribution in [0.4, 0.5) is 11.4 Å². The minimum Gasteiger partial charge on any atom is -0.382 e. The van der Waals surface area contributed by atoms with Gasteiger partial charge < -0.3 is 10.1 Å². The number of nitrogens with one attached hydrogen (secondary N) is 1. The van der Waals surface area contributed by atoms with Gasteiger partial charge in [-0.25, -0.2) is 0 Å². The number of anilines is 1. The van der Waals surface area contributed by atoms with Crippen LogP contribution in [-0.2, 0) is 4.74 Å². The highest BCUT2D eigenvalue weighted by molar-refractivity contribution is 5.99. The molecule has 0 saturated carbocycles. The van der Waals surface area contributed by atoms with E-state index in [9.17, 15) is 10.1 Å². The summed E-state index contributed by atoms with van der Waals surface area (Å²) in [4.78, 5) is 17.3. The minimum atomic E-state index is -0.369. The second-order valence-electron chi connectivity index (χ2n) is 6.44. The zero-order valence-electron chi connectivity index (χ0n) is 13.4. The highest BCUT2D eigenvalue weighted by Crippen LogP contribution is 2.31. The zero-order chi connectivity index (χ0) is 16.5. The molecule has 2 aromatic rings. The SMILES string of the molecule is O=[N+]([O-])c1ccc(NC[C@@H]2CN3CCC[C@@H]3CO2)c2ccncc12.